The number of carbonyl (C=O) groups excluding carboxylic acids is 10. The number of carboxylic acid groups (broad SMARTS) is 2. The molecule has 2 aliphatic rings. The van der Waals surface area contributed by atoms with Crippen LogP contribution in [0.15, 0.2) is 17.0 Å². The molecule has 19 N–H and O–H groups in total. The molecule has 0 radical (unpaired) electrons. The van der Waals surface area contributed by atoms with Crippen LogP contribution in [0, 0.1) is 0 Å². The van der Waals surface area contributed by atoms with Gasteiger partial charge in [0.15, 0.2) is 0 Å². The van der Waals surface area contributed by atoms with Crippen molar-refractivity contribution in [3.63, 3.8) is 0 Å². The van der Waals surface area contributed by atoms with Crippen LogP contribution in [0.2, 0.25) is 0 Å². The molecule has 0 aromatic heterocycles. The quantitative estimate of drug-likeness (QED) is 0.0256. The van der Waals surface area contributed by atoms with Crippen molar-refractivity contribution in [2.24, 2.45) is 10.8 Å². The zero-order chi connectivity index (χ0) is 65.6. The number of carboxylic acids is 2. The van der Waals surface area contributed by atoms with E-state index in [1.807, 2.05) is 6.92 Å². The summed E-state index contributed by atoms with van der Waals surface area (Å²) in [6.07, 6.45) is 18.2. The first-order chi connectivity index (χ1) is 42.7. The third-order valence-corrected chi connectivity index (χ3v) is 13.7. The number of amidine groups is 1. The van der Waals surface area contributed by atoms with E-state index in [1.165, 1.54) is 71.0 Å². The Balaban J connectivity index is 1.86. The summed E-state index contributed by atoms with van der Waals surface area (Å²) in [6.45, 7) is -2.53. The molecule has 89 heavy (non-hydrogen) atoms. The molecule has 0 aromatic rings. The molecule has 34 heteroatoms. The Morgan fingerprint density at radius 1 is 0.607 bits per heavy atom. The number of unbranched alkanes of at least 4 members (excludes halogenated alkanes) is 13. The fourth-order valence-electron chi connectivity index (χ4n) is 8.95. The first kappa shape index (κ1) is 77.1. The molecule has 34 nitrogen and oxygen atoms in total. The topological polar surface area (TPSA) is 494 Å². The summed E-state index contributed by atoms with van der Waals surface area (Å²) in [5, 5.41) is 60.4. The SMILES string of the molecule is CCCCC(NC(=O)C(CNC(=O)CN(CC(=O)O)CC(=O)O)NC(=O)C(CC1=CNCN1)NC(=O)C(CCC(N)=O)NC(=O)C(CO)NC(=O)CNC(=O)COCCOCCNC(=O)CCCCCCCCCCCCCCCC1=NNNN1)C(=O)NC. The molecule has 5 atom stereocenters. The summed E-state index contributed by atoms with van der Waals surface area (Å²) in [7, 11) is 1.34. The summed E-state index contributed by atoms with van der Waals surface area (Å²) >= 11 is 0. The Morgan fingerprint density at radius 2 is 1.18 bits per heavy atom. The van der Waals surface area contributed by atoms with Crippen molar-refractivity contribution in [2.45, 2.75) is 172 Å². The number of hydrazone groups is 1. The Bertz CT molecular complexity index is 2300. The molecule has 0 bridgehead atoms. The minimum atomic E-state index is -1.71. The predicted molar refractivity (Wildman–Crippen MR) is 321 cm³/mol. The fraction of sp³-hybridized carbons (Fsp3) is 0.727. The Morgan fingerprint density at radius 3 is 1.75 bits per heavy atom. The van der Waals surface area contributed by atoms with Crippen molar-refractivity contribution >= 4 is 76.8 Å². The molecule has 0 saturated carbocycles. The number of hydrogen-bond acceptors (Lipinski definition) is 22. The highest BCUT2D eigenvalue weighted by atomic mass is 16.5. The number of nitrogens with two attached hydrogens (primary N) is 1. The van der Waals surface area contributed by atoms with Gasteiger partial charge in [-0.05, 0) is 25.7 Å². The average molecular weight is 1270 g/mol. The molecule has 2 rings (SSSR count). The zero-order valence-corrected chi connectivity index (χ0v) is 51.3. The largest absolute Gasteiger partial charge is 0.480 e. The van der Waals surface area contributed by atoms with Gasteiger partial charge < -0.3 is 89.0 Å². The summed E-state index contributed by atoms with van der Waals surface area (Å²) < 4.78 is 10.8. The fourth-order valence-corrected chi connectivity index (χ4v) is 8.95. The molecular formula is C55H97N17O17. The van der Waals surface area contributed by atoms with Gasteiger partial charge in [-0.3, -0.25) is 67.9 Å². The standard InChI is InChI=1S/C55H97N17O17/c1-3-4-18-38(51(83)57-2)64-54(86)41(29-60-47(77)31-72(32-49(79)80)33-50(81)82)67-53(85)40(27-37-28-58-36-62-37)66-52(84)39(21-22-43(56)74)65-55(87)42(34-73)63-46(76)30-61-48(78)35-89-26-25-88-24-23-59-45(75)20-17-15-13-11-9-7-5-6-8-10-12-14-16-19-44-68-70-71-69-44/h28,38-42,58,62,70-71,73H,3-27,29-36H2,1-2H3,(H2,56,74)(H,57,83)(H,59,75)(H,60,77)(H,61,78)(H,63,76)(H,64,86)(H,65,87)(H,66,84)(H,67,85)(H,68,69)(H,79,80)(H,81,82). The van der Waals surface area contributed by atoms with Gasteiger partial charge in [-0.15, -0.1) is 10.6 Å². The number of aliphatic hydroxyl groups excluding tert-OH is 1. The highest BCUT2D eigenvalue weighted by molar-refractivity contribution is 5.97. The summed E-state index contributed by atoms with van der Waals surface area (Å²) in [5.74, 6) is -10.3. The molecule has 2 aliphatic heterocycles. The molecule has 0 fully saturated rings. The summed E-state index contributed by atoms with van der Waals surface area (Å²) in [4.78, 5) is 154. The number of aliphatic carboxylic acids is 2. The van der Waals surface area contributed by atoms with Crippen molar-refractivity contribution in [3.8, 4) is 0 Å². The van der Waals surface area contributed by atoms with Crippen LogP contribution in [0.25, 0.3) is 0 Å². The lowest BCUT2D eigenvalue weighted by molar-refractivity contribution is -0.142. The average Bonchev–Trinajstić information content (AvgIpc) is 4.40. The number of primary amides is 1. The molecule has 0 saturated heterocycles. The van der Waals surface area contributed by atoms with Gasteiger partial charge in [0, 0.05) is 57.7 Å². The Hall–Kier alpha value is -7.95. The third-order valence-electron chi connectivity index (χ3n) is 13.7. The van der Waals surface area contributed by atoms with Crippen molar-refractivity contribution in [3.05, 3.63) is 11.9 Å². The van der Waals surface area contributed by atoms with Crippen LogP contribution in [0.4, 0.5) is 0 Å². The zero-order valence-electron chi connectivity index (χ0n) is 51.3. The number of nitrogens with zero attached hydrogens (tertiary/aromatic N) is 2. The normalized spacial score (nSPS) is 14.0. The first-order valence-corrected chi connectivity index (χ1v) is 30.5. The predicted octanol–water partition coefficient (Wildman–Crippen LogP) is -4.38. The highest BCUT2D eigenvalue weighted by Crippen LogP contribution is 2.14. The van der Waals surface area contributed by atoms with Gasteiger partial charge in [-0.1, -0.05) is 90.4 Å². The van der Waals surface area contributed by atoms with E-state index in [2.05, 4.69) is 80.1 Å². The van der Waals surface area contributed by atoms with E-state index >= 15 is 0 Å². The second-order valence-electron chi connectivity index (χ2n) is 21.3. The molecule has 2 heterocycles. The van der Waals surface area contributed by atoms with Crippen LogP contribution in [0.5, 0.6) is 0 Å². The number of rotatable bonds is 53. The molecule has 504 valence electrons. The minimum absolute atomic E-state index is 0.0161. The van der Waals surface area contributed by atoms with Gasteiger partial charge >= 0.3 is 11.9 Å². The molecule has 0 aromatic carbocycles. The molecule has 5 unspecified atom stereocenters. The lowest BCUT2D eigenvalue weighted by Crippen LogP contribution is -2.61. The number of aliphatic hydroxyl groups is 1. The Labute approximate surface area is 518 Å². The number of ether oxygens (including phenoxy) is 2. The van der Waals surface area contributed by atoms with Gasteiger partial charge in [0.2, 0.25) is 59.1 Å². The van der Waals surface area contributed by atoms with Crippen LogP contribution in [-0.4, -0.2) is 213 Å². The number of amides is 10. The molecular weight excluding hydrogens is 1170 g/mol. The van der Waals surface area contributed by atoms with Crippen LogP contribution in [0.3, 0.4) is 0 Å². The van der Waals surface area contributed by atoms with Crippen molar-refractivity contribution in [1.29, 1.82) is 0 Å². The van der Waals surface area contributed by atoms with Gasteiger partial charge in [0.1, 0.15) is 42.7 Å². The lowest BCUT2D eigenvalue weighted by atomic mass is 10.0. The van der Waals surface area contributed by atoms with E-state index in [0.29, 0.717) is 31.5 Å². The second-order valence-corrected chi connectivity index (χ2v) is 21.3. The van der Waals surface area contributed by atoms with Crippen LogP contribution < -0.4 is 80.7 Å². The maximum atomic E-state index is 14.2. The van der Waals surface area contributed by atoms with Crippen LogP contribution in [0.1, 0.15) is 142 Å². The van der Waals surface area contributed by atoms with Gasteiger partial charge in [-0.2, -0.15) is 0 Å². The number of hydrazine groups is 2. The van der Waals surface area contributed by atoms with Crippen LogP contribution >= 0.6 is 0 Å². The first-order valence-electron chi connectivity index (χ1n) is 30.5. The van der Waals surface area contributed by atoms with Crippen molar-refractivity contribution in [1.82, 2.24) is 79.9 Å². The summed E-state index contributed by atoms with van der Waals surface area (Å²) in [5.41, 5.74) is 14.1. The lowest BCUT2D eigenvalue weighted by Gasteiger charge is -2.27. The van der Waals surface area contributed by atoms with E-state index < -0.39 is 154 Å². The molecule has 0 spiro atoms. The van der Waals surface area contributed by atoms with E-state index in [-0.39, 0.29) is 45.2 Å². The minimum Gasteiger partial charge on any atom is -0.480 e. The van der Waals surface area contributed by atoms with Crippen LogP contribution in [-0.2, 0) is 67.0 Å². The van der Waals surface area contributed by atoms with E-state index in [1.54, 1.807) is 0 Å². The van der Waals surface area contributed by atoms with Gasteiger partial charge in [0.05, 0.1) is 59.3 Å². The molecule has 10 amide bonds. The van der Waals surface area contributed by atoms with Crippen molar-refractivity contribution < 1.29 is 82.3 Å². The number of likely N-dealkylation sites (N-methyl/N-ethyl adjacent to an activating group) is 1. The van der Waals surface area contributed by atoms with E-state index in [9.17, 15) is 72.9 Å². The van der Waals surface area contributed by atoms with Gasteiger partial charge in [-0.25, -0.2) is 5.53 Å². The number of carbonyl (C=O) groups is 12. The van der Waals surface area contributed by atoms with Crippen molar-refractivity contribution in [2.75, 3.05) is 86.0 Å². The van der Waals surface area contributed by atoms with Gasteiger partial charge in [0.25, 0.3) is 0 Å². The maximum Gasteiger partial charge on any atom is 0.317 e. The Kier molecular flexibility index (Phi) is 40.8. The summed E-state index contributed by atoms with van der Waals surface area (Å²) in [6, 6.07) is -7.77. The second kappa shape index (κ2) is 47.1. The smallest absolute Gasteiger partial charge is 0.317 e. The number of hydrogen-bond donors (Lipinski definition) is 18. The van der Waals surface area contributed by atoms with E-state index in [4.69, 9.17) is 15.2 Å². The number of nitrogens with one attached hydrogen (secondary N) is 14. The molecule has 0 aliphatic carbocycles. The monoisotopic (exact) mass is 1270 g/mol. The van der Waals surface area contributed by atoms with E-state index in [0.717, 1.165) is 42.8 Å². The third kappa shape index (κ3) is 37.5. The maximum absolute atomic E-state index is 14.2. The highest BCUT2D eigenvalue weighted by Gasteiger charge is 2.34.